The number of nitrogens with two attached hydrogens (primary N) is 1. The predicted octanol–water partition coefficient (Wildman–Crippen LogP) is 3.90. The third-order valence-corrected chi connectivity index (χ3v) is 4.72. The fourth-order valence-corrected chi connectivity index (χ4v) is 3.60. The van der Waals surface area contributed by atoms with E-state index in [0.717, 1.165) is 12.8 Å². The van der Waals surface area contributed by atoms with Crippen LogP contribution in [0.4, 0.5) is 0 Å². The maximum Gasteiger partial charge on any atom is 0.0873 e. The SMILES string of the molecule is COC1(C(N)c2ccc(C)cc2C)CCCC(C)C1. The summed E-state index contributed by atoms with van der Waals surface area (Å²) in [7, 11) is 1.82. The average molecular weight is 261 g/mol. The van der Waals surface area contributed by atoms with Gasteiger partial charge in [0.1, 0.15) is 0 Å². The molecule has 3 atom stereocenters. The van der Waals surface area contributed by atoms with Crippen LogP contribution in [0.1, 0.15) is 55.3 Å². The highest BCUT2D eigenvalue weighted by atomic mass is 16.5. The van der Waals surface area contributed by atoms with Crippen LogP contribution in [0.2, 0.25) is 0 Å². The van der Waals surface area contributed by atoms with Crippen molar-refractivity contribution in [2.45, 2.75) is 58.1 Å². The van der Waals surface area contributed by atoms with Crippen molar-refractivity contribution in [3.8, 4) is 0 Å². The molecular weight excluding hydrogens is 234 g/mol. The minimum atomic E-state index is -0.183. The molecule has 1 aliphatic carbocycles. The Balaban J connectivity index is 2.32. The van der Waals surface area contributed by atoms with Gasteiger partial charge in [0.2, 0.25) is 0 Å². The summed E-state index contributed by atoms with van der Waals surface area (Å²) in [4.78, 5) is 0. The number of benzene rings is 1. The first-order chi connectivity index (χ1) is 8.98. The van der Waals surface area contributed by atoms with Crippen LogP contribution in [0.25, 0.3) is 0 Å². The maximum atomic E-state index is 6.60. The van der Waals surface area contributed by atoms with Crippen LogP contribution >= 0.6 is 0 Å². The fraction of sp³-hybridized carbons (Fsp3) is 0.647. The molecule has 1 saturated carbocycles. The number of rotatable bonds is 3. The molecule has 1 aromatic carbocycles. The molecule has 0 amide bonds. The molecule has 2 heteroatoms. The molecule has 0 saturated heterocycles. The average Bonchev–Trinajstić information content (AvgIpc) is 2.38. The number of hydrogen-bond donors (Lipinski definition) is 1. The van der Waals surface area contributed by atoms with E-state index in [1.165, 1.54) is 29.5 Å². The predicted molar refractivity (Wildman–Crippen MR) is 80.2 cm³/mol. The molecule has 1 aromatic rings. The van der Waals surface area contributed by atoms with E-state index in [9.17, 15) is 0 Å². The van der Waals surface area contributed by atoms with Crippen molar-refractivity contribution in [1.29, 1.82) is 0 Å². The molecule has 1 fully saturated rings. The number of aryl methyl sites for hydroxylation is 2. The second-order valence-corrected chi connectivity index (χ2v) is 6.31. The summed E-state index contributed by atoms with van der Waals surface area (Å²) >= 11 is 0. The van der Waals surface area contributed by atoms with Gasteiger partial charge in [-0.15, -0.1) is 0 Å². The summed E-state index contributed by atoms with van der Waals surface area (Å²) in [5.74, 6) is 0.700. The Hall–Kier alpha value is -0.860. The summed E-state index contributed by atoms with van der Waals surface area (Å²) in [6.07, 6.45) is 4.65. The van der Waals surface area contributed by atoms with Gasteiger partial charge in [0, 0.05) is 7.11 Å². The molecule has 1 aliphatic rings. The molecule has 0 spiro atoms. The van der Waals surface area contributed by atoms with Crippen molar-refractivity contribution in [2.75, 3.05) is 7.11 Å². The normalized spacial score (nSPS) is 29.2. The van der Waals surface area contributed by atoms with Gasteiger partial charge in [-0.3, -0.25) is 0 Å². The molecule has 2 nitrogen and oxygen atoms in total. The third kappa shape index (κ3) is 2.85. The highest BCUT2D eigenvalue weighted by Gasteiger charge is 2.41. The minimum absolute atomic E-state index is 0.0270. The van der Waals surface area contributed by atoms with E-state index in [-0.39, 0.29) is 11.6 Å². The topological polar surface area (TPSA) is 35.2 Å². The van der Waals surface area contributed by atoms with Gasteiger partial charge < -0.3 is 10.5 Å². The first-order valence-corrected chi connectivity index (χ1v) is 7.36. The highest BCUT2D eigenvalue weighted by Crippen LogP contribution is 2.42. The van der Waals surface area contributed by atoms with Crippen LogP contribution in [-0.2, 0) is 4.74 Å². The Labute approximate surface area is 117 Å². The smallest absolute Gasteiger partial charge is 0.0873 e. The van der Waals surface area contributed by atoms with Crippen molar-refractivity contribution in [2.24, 2.45) is 11.7 Å². The second kappa shape index (κ2) is 5.64. The zero-order chi connectivity index (χ0) is 14.0. The molecule has 2 N–H and O–H groups in total. The van der Waals surface area contributed by atoms with E-state index in [4.69, 9.17) is 10.5 Å². The molecule has 19 heavy (non-hydrogen) atoms. The fourth-order valence-electron chi connectivity index (χ4n) is 3.60. The minimum Gasteiger partial charge on any atom is -0.376 e. The van der Waals surface area contributed by atoms with E-state index in [2.05, 4.69) is 39.0 Å². The third-order valence-electron chi connectivity index (χ3n) is 4.72. The Kier molecular flexibility index (Phi) is 4.32. The van der Waals surface area contributed by atoms with E-state index in [1.807, 2.05) is 7.11 Å². The summed E-state index contributed by atoms with van der Waals surface area (Å²) in [6.45, 7) is 6.58. The molecule has 0 aliphatic heterocycles. The van der Waals surface area contributed by atoms with Gasteiger partial charge in [0.15, 0.2) is 0 Å². The lowest BCUT2D eigenvalue weighted by molar-refractivity contribution is -0.0719. The molecular formula is C17H27NO. The van der Waals surface area contributed by atoms with Crippen molar-refractivity contribution in [1.82, 2.24) is 0 Å². The van der Waals surface area contributed by atoms with Crippen molar-refractivity contribution >= 4 is 0 Å². The molecule has 2 rings (SSSR count). The standard InChI is InChI=1S/C17H27NO/c1-12-7-8-15(14(3)10-12)16(18)17(19-4)9-5-6-13(2)11-17/h7-8,10,13,16H,5-6,9,11,18H2,1-4H3. The van der Waals surface area contributed by atoms with Crippen LogP contribution in [0, 0.1) is 19.8 Å². The Morgan fingerprint density at radius 1 is 1.37 bits per heavy atom. The summed E-state index contributed by atoms with van der Waals surface area (Å²) in [6, 6.07) is 6.51. The highest BCUT2D eigenvalue weighted by molar-refractivity contribution is 5.34. The van der Waals surface area contributed by atoms with E-state index in [0.29, 0.717) is 5.92 Å². The Morgan fingerprint density at radius 3 is 2.68 bits per heavy atom. The van der Waals surface area contributed by atoms with Crippen molar-refractivity contribution in [3.63, 3.8) is 0 Å². The quantitative estimate of drug-likeness (QED) is 0.895. The lowest BCUT2D eigenvalue weighted by Crippen LogP contribution is -2.46. The van der Waals surface area contributed by atoms with Gasteiger partial charge in [0.25, 0.3) is 0 Å². The van der Waals surface area contributed by atoms with Crippen molar-refractivity contribution < 1.29 is 4.74 Å². The van der Waals surface area contributed by atoms with Crippen LogP contribution in [0.15, 0.2) is 18.2 Å². The van der Waals surface area contributed by atoms with Gasteiger partial charge in [-0.25, -0.2) is 0 Å². The molecule has 0 radical (unpaired) electrons. The zero-order valence-corrected chi connectivity index (χ0v) is 12.7. The number of methoxy groups -OCH3 is 1. The van der Waals surface area contributed by atoms with Crippen molar-refractivity contribution in [3.05, 3.63) is 34.9 Å². The summed E-state index contributed by atoms with van der Waals surface area (Å²) in [5.41, 5.74) is 10.2. The zero-order valence-electron chi connectivity index (χ0n) is 12.7. The lowest BCUT2D eigenvalue weighted by atomic mass is 9.72. The van der Waals surface area contributed by atoms with Gasteiger partial charge in [-0.2, -0.15) is 0 Å². The molecule has 3 unspecified atom stereocenters. The number of hydrogen-bond acceptors (Lipinski definition) is 2. The Morgan fingerprint density at radius 2 is 2.11 bits per heavy atom. The van der Waals surface area contributed by atoms with Crippen LogP contribution in [-0.4, -0.2) is 12.7 Å². The summed E-state index contributed by atoms with van der Waals surface area (Å²) in [5, 5.41) is 0. The van der Waals surface area contributed by atoms with Gasteiger partial charge in [-0.1, -0.05) is 43.5 Å². The number of ether oxygens (including phenoxy) is 1. The van der Waals surface area contributed by atoms with Crippen LogP contribution in [0.5, 0.6) is 0 Å². The molecule has 0 aromatic heterocycles. The van der Waals surface area contributed by atoms with E-state index >= 15 is 0 Å². The summed E-state index contributed by atoms with van der Waals surface area (Å²) < 4.78 is 5.93. The first kappa shape index (κ1) is 14.5. The second-order valence-electron chi connectivity index (χ2n) is 6.31. The first-order valence-electron chi connectivity index (χ1n) is 7.36. The van der Waals surface area contributed by atoms with Crippen LogP contribution in [0.3, 0.4) is 0 Å². The van der Waals surface area contributed by atoms with Crippen LogP contribution < -0.4 is 5.73 Å². The van der Waals surface area contributed by atoms with E-state index in [1.54, 1.807) is 0 Å². The monoisotopic (exact) mass is 261 g/mol. The molecule has 106 valence electrons. The van der Waals surface area contributed by atoms with E-state index < -0.39 is 0 Å². The lowest BCUT2D eigenvalue weighted by Gasteiger charge is -2.43. The molecule has 0 bridgehead atoms. The largest absolute Gasteiger partial charge is 0.376 e. The van der Waals surface area contributed by atoms with Gasteiger partial charge in [-0.05, 0) is 43.7 Å². The van der Waals surface area contributed by atoms with Gasteiger partial charge in [0.05, 0.1) is 11.6 Å². The van der Waals surface area contributed by atoms with Gasteiger partial charge >= 0.3 is 0 Å². The molecule has 0 heterocycles. The Bertz CT molecular complexity index is 443. The maximum absolute atomic E-state index is 6.60.